The van der Waals surface area contributed by atoms with Gasteiger partial charge in [-0.05, 0) is 43.7 Å². The summed E-state index contributed by atoms with van der Waals surface area (Å²) in [6, 6.07) is 12.1. The van der Waals surface area contributed by atoms with Gasteiger partial charge in [-0.2, -0.15) is 0 Å². The molecule has 1 aromatic carbocycles. The van der Waals surface area contributed by atoms with Gasteiger partial charge in [0, 0.05) is 24.1 Å². The highest BCUT2D eigenvalue weighted by Gasteiger charge is 2.11. The summed E-state index contributed by atoms with van der Waals surface area (Å²) >= 11 is 0. The van der Waals surface area contributed by atoms with Gasteiger partial charge >= 0.3 is 0 Å². The predicted octanol–water partition coefficient (Wildman–Crippen LogP) is 3.27. The molecule has 0 fully saturated rings. The van der Waals surface area contributed by atoms with Gasteiger partial charge in [0.2, 0.25) is 0 Å². The van der Waals surface area contributed by atoms with Crippen LogP contribution in [0, 0.1) is 6.92 Å². The predicted molar refractivity (Wildman–Crippen MR) is 102 cm³/mol. The molecule has 0 aliphatic heterocycles. The Bertz CT molecular complexity index is 1050. The molecule has 0 spiro atoms. The molecular weight excluding hydrogens is 326 g/mol. The van der Waals surface area contributed by atoms with Crippen molar-refractivity contribution in [2.24, 2.45) is 0 Å². The van der Waals surface area contributed by atoms with Crippen molar-refractivity contribution in [1.82, 2.24) is 24.5 Å². The summed E-state index contributed by atoms with van der Waals surface area (Å²) in [7, 11) is 0. The van der Waals surface area contributed by atoms with Crippen molar-refractivity contribution in [2.45, 2.75) is 19.9 Å². The number of hydrogen-bond acceptors (Lipinski definition) is 6. The molecule has 1 unspecified atom stereocenters. The second-order valence-corrected chi connectivity index (χ2v) is 6.13. The first-order chi connectivity index (χ1) is 12.6. The van der Waals surface area contributed by atoms with Gasteiger partial charge in [-0.25, -0.2) is 19.9 Å². The van der Waals surface area contributed by atoms with E-state index in [1.165, 1.54) is 6.33 Å². The normalized spacial score (nSPS) is 12.2. The quantitative estimate of drug-likeness (QED) is 0.589. The van der Waals surface area contributed by atoms with Crippen LogP contribution in [-0.2, 0) is 0 Å². The van der Waals surface area contributed by atoms with Crippen LogP contribution in [0.1, 0.15) is 24.4 Å². The first-order valence-corrected chi connectivity index (χ1v) is 8.36. The van der Waals surface area contributed by atoms with Crippen molar-refractivity contribution in [3.8, 4) is 5.69 Å². The van der Waals surface area contributed by atoms with Gasteiger partial charge in [-0.3, -0.25) is 0 Å². The van der Waals surface area contributed by atoms with Crippen molar-refractivity contribution in [1.29, 1.82) is 0 Å². The molecular formula is C19H19N7. The molecule has 26 heavy (non-hydrogen) atoms. The number of fused-ring (bicyclic) bond motifs is 1. The van der Waals surface area contributed by atoms with Crippen LogP contribution in [0.15, 0.2) is 55.1 Å². The van der Waals surface area contributed by atoms with Crippen LogP contribution in [0.4, 0.5) is 11.6 Å². The van der Waals surface area contributed by atoms with Crippen molar-refractivity contribution in [2.75, 3.05) is 11.1 Å². The average Bonchev–Trinajstić information content (AvgIpc) is 3.07. The van der Waals surface area contributed by atoms with Crippen LogP contribution in [-0.4, -0.2) is 24.5 Å². The summed E-state index contributed by atoms with van der Waals surface area (Å²) in [5.41, 5.74) is 8.56. The number of hydrogen-bond donors (Lipinski definition) is 2. The Kier molecular flexibility index (Phi) is 3.96. The number of nitrogen functional groups attached to an aromatic ring is 1. The third-order valence-corrected chi connectivity index (χ3v) is 4.37. The van der Waals surface area contributed by atoms with E-state index in [9.17, 15) is 0 Å². The van der Waals surface area contributed by atoms with Gasteiger partial charge in [0.15, 0.2) is 5.65 Å². The fraction of sp³-hybridized carbons (Fsp3) is 0.158. The third kappa shape index (κ3) is 2.95. The molecule has 0 bridgehead atoms. The van der Waals surface area contributed by atoms with Gasteiger partial charge in [0.1, 0.15) is 23.8 Å². The van der Waals surface area contributed by atoms with Crippen molar-refractivity contribution < 1.29 is 0 Å². The third-order valence-electron chi connectivity index (χ3n) is 4.37. The van der Waals surface area contributed by atoms with Crippen LogP contribution in [0.3, 0.4) is 0 Å². The molecule has 3 N–H and O–H groups in total. The molecule has 7 heteroatoms. The number of aromatic nitrogens is 5. The standard InChI is InChI=1S/C19H19N7/c1-12(14-3-5-15(6-4-14)26-10-9-21-13(26)2)24-18-16-7-8-17(20)25-19(16)23-11-22-18/h3-12H,1-2H3,(H3,20,22,23,24,25). The Hall–Kier alpha value is -3.48. The maximum Gasteiger partial charge on any atom is 0.166 e. The molecule has 0 amide bonds. The first kappa shape index (κ1) is 16.0. The van der Waals surface area contributed by atoms with Gasteiger partial charge < -0.3 is 15.6 Å². The van der Waals surface area contributed by atoms with E-state index in [4.69, 9.17) is 5.73 Å². The maximum absolute atomic E-state index is 5.73. The van der Waals surface area contributed by atoms with E-state index in [2.05, 4.69) is 61.0 Å². The van der Waals surface area contributed by atoms with Crippen LogP contribution < -0.4 is 11.1 Å². The summed E-state index contributed by atoms with van der Waals surface area (Å²) < 4.78 is 2.05. The van der Waals surface area contributed by atoms with E-state index in [0.717, 1.165) is 28.3 Å². The zero-order valence-electron chi connectivity index (χ0n) is 14.6. The van der Waals surface area contributed by atoms with E-state index in [1.54, 1.807) is 12.3 Å². The van der Waals surface area contributed by atoms with Crippen molar-refractivity contribution in [3.63, 3.8) is 0 Å². The molecule has 130 valence electrons. The minimum Gasteiger partial charge on any atom is -0.384 e. The molecule has 3 heterocycles. The molecule has 0 radical (unpaired) electrons. The lowest BCUT2D eigenvalue weighted by atomic mass is 10.1. The highest BCUT2D eigenvalue weighted by molar-refractivity contribution is 5.87. The Morgan fingerprint density at radius 1 is 1.04 bits per heavy atom. The number of aryl methyl sites for hydroxylation is 1. The molecule has 0 aliphatic carbocycles. The zero-order valence-corrected chi connectivity index (χ0v) is 14.6. The second-order valence-electron chi connectivity index (χ2n) is 6.13. The van der Waals surface area contributed by atoms with Gasteiger partial charge in [0.05, 0.1) is 5.39 Å². The van der Waals surface area contributed by atoms with E-state index in [0.29, 0.717) is 11.5 Å². The van der Waals surface area contributed by atoms with Crippen LogP contribution in [0.5, 0.6) is 0 Å². The summed E-state index contributed by atoms with van der Waals surface area (Å²) in [4.78, 5) is 17.0. The second kappa shape index (κ2) is 6.44. The summed E-state index contributed by atoms with van der Waals surface area (Å²) in [5, 5.41) is 4.28. The Morgan fingerprint density at radius 2 is 1.85 bits per heavy atom. The molecule has 4 aromatic rings. The van der Waals surface area contributed by atoms with Crippen LogP contribution in [0.25, 0.3) is 16.7 Å². The molecule has 0 aliphatic rings. The SMILES string of the molecule is Cc1nccn1-c1ccc(C(C)Nc2ncnc3nc(N)ccc23)cc1. The monoisotopic (exact) mass is 345 g/mol. The highest BCUT2D eigenvalue weighted by atomic mass is 15.1. The molecule has 3 aromatic heterocycles. The molecule has 7 nitrogen and oxygen atoms in total. The summed E-state index contributed by atoms with van der Waals surface area (Å²) in [5.74, 6) is 2.15. The summed E-state index contributed by atoms with van der Waals surface area (Å²) in [6.07, 6.45) is 5.25. The number of pyridine rings is 1. The van der Waals surface area contributed by atoms with Crippen LogP contribution in [0.2, 0.25) is 0 Å². The number of nitrogens with two attached hydrogens (primary N) is 1. The fourth-order valence-corrected chi connectivity index (χ4v) is 2.93. The number of imidazole rings is 1. The van der Waals surface area contributed by atoms with Gasteiger partial charge in [0.25, 0.3) is 0 Å². The number of nitrogens with zero attached hydrogens (tertiary/aromatic N) is 5. The Labute approximate surface area is 151 Å². The first-order valence-electron chi connectivity index (χ1n) is 8.36. The lowest BCUT2D eigenvalue weighted by Crippen LogP contribution is -2.09. The Balaban J connectivity index is 1.59. The molecule has 4 rings (SSSR count). The van der Waals surface area contributed by atoms with Gasteiger partial charge in [-0.15, -0.1) is 0 Å². The Morgan fingerprint density at radius 3 is 2.58 bits per heavy atom. The van der Waals surface area contributed by atoms with Crippen molar-refractivity contribution in [3.05, 3.63) is 66.5 Å². The molecule has 0 saturated carbocycles. The zero-order chi connectivity index (χ0) is 18.1. The van der Waals surface area contributed by atoms with E-state index < -0.39 is 0 Å². The average molecular weight is 345 g/mol. The topological polar surface area (TPSA) is 94.5 Å². The van der Waals surface area contributed by atoms with Crippen LogP contribution >= 0.6 is 0 Å². The lowest BCUT2D eigenvalue weighted by molar-refractivity contribution is 0.872. The number of anilines is 2. The van der Waals surface area contributed by atoms with E-state index in [1.807, 2.05) is 19.2 Å². The lowest BCUT2D eigenvalue weighted by Gasteiger charge is -2.17. The number of nitrogens with one attached hydrogen (secondary N) is 1. The summed E-state index contributed by atoms with van der Waals surface area (Å²) in [6.45, 7) is 4.08. The van der Waals surface area contributed by atoms with Crippen molar-refractivity contribution >= 4 is 22.7 Å². The van der Waals surface area contributed by atoms with E-state index >= 15 is 0 Å². The maximum atomic E-state index is 5.73. The van der Waals surface area contributed by atoms with E-state index in [-0.39, 0.29) is 6.04 Å². The fourth-order valence-electron chi connectivity index (χ4n) is 2.93. The highest BCUT2D eigenvalue weighted by Crippen LogP contribution is 2.24. The number of rotatable bonds is 4. The van der Waals surface area contributed by atoms with Gasteiger partial charge in [-0.1, -0.05) is 12.1 Å². The minimum atomic E-state index is 0.0728. The minimum absolute atomic E-state index is 0.0728. The molecule has 1 atom stereocenters. The molecule has 0 saturated heterocycles. The smallest absolute Gasteiger partial charge is 0.166 e. The number of benzene rings is 1. The largest absolute Gasteiger partial charge is 0.384 e.